The van der Waals surface area contributed by atoms with Crippen molar-refractivity contribution in [3.05, 3.63) is 11.8 Å². The van der Waals surface area contributed by atoms with E-state index >= 15 is 0 Å². The lowest BCUT2D eigenvalue weighted by atomic mass is 9.45. The van der Waals surface area contributed by atoms with Crippen molar-refractivity contribution in [1.29, 1.82) is 0 Å². The lowest BCUT2D eigenvalue weighted by Gasteiger charge is -2.61. The van der Waals surface area contributed by atoms with Crippen molar-refractivity contribution in [1.82, 2.24) is 0 Å². The van der Waals surface area contributed by atoms with Gasteiger partial charge in [-0.05, 0) is 68.6 Å². The summed E-state index contributed by atoms with van der Waals surface area (Å²) in [5, 5.41) is 9.48. The van der Waals surface area contributed by atoms with Crippen LogP contribution in [0.25, 0.3) is 0 Å². The Morgan fingerprint density at radius 1 is 1.12 bits per heavy atom. The highest BCUT2D eigenvalue weighted by Crippen LogP contribution is 2.63. The SMILES string of the molecule is C[C@]12C/C(=C/O)C(=O)C[C@@H]1CC[C@H]1[C@H]2CC[C@@]2(C)OC(=O)CC[C@@H]12. The van der Waals surface area contributed by atoms with Gasteiger partial charge in [0.05, 0.1) is 6.26 Å². The van der Waals surface area contributed by atoms with Crippen molar-refractivity contribution in [2.45, 2.75) is 70.8 Å². The first kappa shape index (κ1) is 16.2. The third-order valence-corrected chi connectivity index (χ3v) is 7.92. The Bertz CT molecular complexity index is 609. The standard InChI is InChI=1S/C20H28O4/c1-19-10-12(11-21)17(22)9-13(19)3-4-14-15(19)7-8-20(2)16(14)5-6-18(23)24-20/h11,13-16,21H,3-10H2,1-2H3/b12-11-/t13-,14-,15+,16-,19-,20+/m0/s1. The largest absolute Gasteiger partial charge is 0.515 e. The summed E-state index contributed by atoms with van der Waals surface area (Å²) in [5.74, 6) is 2.11. The van der Waals surface area contributed by atoms with Crippen LogP contribution in [0, 0.1) is 29.1 Å². The fourth-order valence-electron chi connectivity index (χ4n) is 6.64. The number of hydrogen-bond donors (Lipinski definition) is 1. The van der Waals surface area contributed by atoms with Gasteiger partial charge in [-0.15, -0.1) is 0 Å². The first-order valence-electron chi connectivity index (χ1n) is 9.46. The molecule has 1 N–H and O–H groups in total. The maximum atomic E-state index is 12.2. The number of esters is 1. The normalized spacial score (nSPS) is 49.8. The molecule has 4 rings (SSSR count). The highest BCUT2D eigenvalue weighted by Gasteiger charge is 2.59. The van der Waals surface area contributed by atoms with E-state index in [9.17, 15) is 14.7 Å². The van der Waals surface area contributed by atoms with E-state index < -0.39 is 0 Å². The van der Waals surface area contributed by atoms with Crippen LogP contribution in [-0.4, -0.2) is 22.5 Å². The van der Waals surface area contributed by atoms with E-state index in [-0.39, 0.29) is 22.8 Å². The molecule has 0 aromatic heterocycles. The van der Waals surface area contributed by atoms with Gasteiger partial charge in [-0.1, -0.05) is 6.92 Å². The second-order valence-corrected chi connectivity index (χ2v) is 8.98. The van der Waals surface area contributed by atoms with Crippen LogP contribution >= 0.6 is 0 Å². The topological polar surface area (TPSA) is 63.6 Å². The Hall–Kier alpha value is -1.32. The quantitative estimate of drug-likeness (QED) is 0.414. The van der Waals surface area contributed by atoms with Crippen LogP contribution in [0.4, 0.5) is 0 Å². The van der Waals surface area contributed by atoms with Crippen LogP contribution < -0.4 is 0 Å². The van der Waals surface area contributed by atoms with Gasteiger partial charge in [0.1, 0.15) is 5.60 Å². The lowest BCUT2D eigenvalue weighted by molar-refractivity contribution is -0.201. The third-order valence-electron chi connectivity index (χ3n) is 7.92. The van der Waals surface area contributed by atoms with Gasteiger partial charge < -0.3 is 9.84 Å². The van der Waals surface area contributed by atoms with Gasteiger partial charge in [0.2, 0.25) is 0 Å². The monoisotopic (exact) mass is 332 g/mol. The van der Waals surface area contributed by atoms with Crippen LogP contribution in [-0.2, 0) is 14.3 Å². The third kappa shape index (κ3) is 2.18. The minimum atomic E-state index is -0.292. The summed E-state index contributed by atoms with van der Waals surface area (Å²) in [6, 6.07) is 0. The number of Topliss-reactive ketones (excluding diaryl/α,β-unsaturated/α-hetero) is 1. The van der Waals surface area contributed by atoms with Gasteiger partial charge in [-0.25, -0.2) is 0 Å². The number of rotatable bonds is 0. The molecule has 0 aromatic rings. The van der Waals surface area contributed by atoms with E-state index in [1.165, 1.54) is 0 Å². The molecule has 132 valence electrons. The number of ketones is 1. The van der Waals surface area contributed by atoms with E-state index in [1.54, 1.807) is 0 Å². The summed E-state index contributed by atoms with van der Waals surface area (Å²) in [4.78, 5) is 24.0. The number of hydrogen-bond acceptors (Lipinski definition) is 4. The molecule has 4 fully saturated rings. The predicted molar refractivity (Wildman–Crippen MR) is 89.2 cm³/mol. The van der Waals surface area contributed by atoms with Crippen molar-refractivity contribution in [2.24, 2.45) is 29.1 Å². The number of carbonyl (C=O) groups is 2. The van der Waals surface area contributed by atoms with Crippen LogP contribution in [0.1, 0.15) is 65.2 Å². The first-order valence-corrected chi connectivity index (χ1v) is 9.46. The van der Waals surface area contributed by atoms with Crippen LogP contribution in [0.15, 0.2) is 11.8 Å². The van der Waals surface area contributed by atoms with Gasteiger partial charge >= 0.3 is 5.97 Å². The molecule has 24 heavy (non-hydrogen) atoms. The molecular formula is C20H28O4. The molecule has 4 nitrogen and oxygen atoms in total. The molecular weight excluding hydrogens is 304 g/mol. The number of allylic oxidation sites excluding steroid dienone is 1. The van der Waals surface area contributed by atoms with Gasteiger partial charge in [0, 0.05) is 24.3 Å². The maximum absolute atomic E-state index is 12.2. The average Bonchev–Trinajstić information content (AvgIpc) is 2.53. The zero-order valence-corrected chi connectivity index (χ0v) is 14.7. The van der Waals surface area contributed by atoms with E-state index in [4.69, 9.17) is 4.74 Å². The van der Waals surface area contributed by atoms with Crippen molar-refractivity contribution in [2.75, 3.05) is 0 Å². The molecule has 6 atom stereocenters. The smallest absolute Gasteiger partial charge is 0.306 e. The molecule has 3 saturated carbocycles. The second-order valence-electron chi connectivity index (χ2n) is 8.98. The molecule has 0 spiro atoms. The zero-order valence-electron chi connectivity index (χ0n) is 14.7. The summed E-state index contributed by atoms with van der Waals surface area (Å²) >= 11 is 0. The summed E-state index contributed by atoms with van der Waals surface area (Å²) < 4.78 is 5.81. The fourth-order valence-corrected chi connectivity index (χ4v) is 6.64. The fraction of sp³-hybridized carbons (Fsp3) is 0.800. The Kier molecular flexibility index (Phi) is 3.59. The maximum Gasteiger partial charge on any atom is 0.306 e. The molecule has 1 heterocycles. The summed E-state index contributed by atoms with van der Waals surface area (Å²) in [6.45, 7) is 4.46. The number of aliphatic hydroxyl groups is 1. The molecule has 3 aliphatic carbocycles. The minimum absolute atomic E-state index is 0.0409. The van der Waals surface area contributed by atoms with Gasteiger partial charge in [-0.2, -0.15) is 0 Å². The Labute approximate surface area is 143 Å². The average molecular weight is 332 g/mol. The van der Waals surface area contributed by atoms with Gasteiger partial charge in [-0.3, -0.25) is 9.59 Å². The molecule has 1 saturated heterocycles. The highest BCUT2D eigenvalue weighted by atomic mass is 16.6. The van der Waals surface area contributed by atoms with E-state index in [2.05, 4.69) is 13.8 Å². The molecule has 4 aliphatic rings. The van der Waals surface area contributed by atoms with E-state index in [0.29, 0.717) is 48.5 Å². The molecule has 0 unspecified atom stereocenters. The van der Waals surface area contributed by atoms with Crippen LogP contribution in [0.5, 0.6) is 0 Å². The van der Waals surface area contributed by atoms with Crippen molar-refractivity contribution < 1.29 is 19.4 Å². The molecule has 0 amide bonds. The number of fused-ring (bicyclic) bond motifs is 5. The molecule has 0 aromatic carbocycles. The number of aliphatic hydroxyl groups excluding tert-OH is 1. The van der Waals surface area contributed by atoms with Crippen molar-refractivity contribution in [3.8, 4) is 0 Å². The molecule has 4 heteroatoms. The van der Waals surface area contributed by atoms with Crippen molar-refractivity contribution >= 4 is 11.8 Å². The Balaban J connectivity index is 1.65. The molecule has 0 bridgehead atoms. The summed E-state index contributed by atoms with van der Waals surface area (Å²) in [7, 11) is 0. The zero-order chi connectivity index (χ0) is 17.1. The van der Waals surface area contributed by atoms with Crippen molar-refractivity contribution in [3.63, 3.8) is 0 Å². The Morgan fingerprint density at radius 2 is 1.92 bits per heavy atom. The Morgan fingerprint density at radius 3 is 2.67 bits per heavy atom. The second kappa shape index (κ2) is 5.34. The summed E-state index contributed by atoms with van der Waals surface area (Å²) in [5.41, 5.74) is 0.409. The van der Waals surface area contributed by atoms with E-state index in [0.717, 1.165) is 38.4 Å². The molecule has 0 radical (unpaired) electrons. The molecule has 1 aliphatic heterocycles. The van der Waals surface area contributed by atoms with E-state index in [1.807, 2.05) is 0 Å². The van der Waals surface area contributed by atoms with Crippen LogP contribution in [0.3, 0.4) is 0 Å². The minimum Gasteiger partial charge on any atom is -0.515 e. The predicted octanol–water partition coefficient (Wildman–Crippen LogP) is 3.95. The summed E-state index contributed by atoms with van der Waals surface area (Å²) in [6.07, 6.45) is 8.05. The van der Waals surface area contributed by atoms with Gasteiger partial charge in [0.25, 0.3) is 0 Å². The highest BCUT2D eigenvalue weighted by molar-refractivity contribution is 5.96. The van der Waals surface area contributed by atoms with Gasteiger partial charge in [0.15, 0.2) is 5.78 Å². The first-order chi connectivity index (χ1) is 11.4. The lowest BCUT2D eigenvalue weighted by Crippen LogP contribution is -2.58. The number of carbonyl (C=O) groups excluding carboxylic acids is 2. The number of ether oxygens (including phenoxy) is 1. The van der Waals surface area contributed by atoms with Crippen LogP contribution in [0.2, 0.25) is 0 Å².